The van der Waals surface area contributed by atoms with Crippen molar-refractivity contribution < 1.29 is 32.2 Å². The summed E-state index contributed by atoms with van der Waals surface area (Å²) in [6, 6.07) is 7.33. The summed E-state index contributed by atoms with van der Waals surface area (Å²) in [7, 11) is 0. The number of hydrogen-bond acceptors (Lipinski definition) is 3. The summed E-state index contributed by atoms with van der Waals surface area (Å²) in [5.41, 5.74) is -0.245. The second kappa shape index (κ2) is 5.76. The third-order valence-corrected chi connectivity index (χ3v) is 3.46. The van der Waals surface area contributed by atoms with Gasteiger partial charge in [-0.15, -0.1) is 13.2 Å². The molecule has 25 heavy (non-hydrogen) atoms. The minimum Gasteiger partial charge on any atom is -0.476 e. The van der Waals surface area contributed by atoms with Gasteiger partial charge < -0.3 is 9.84 Å². The Morgan fingerprint density at radius 3 is 2.56 bits per heavy atom. The number of imidazole rings is 1. The van der Waals surface area contributed by atoms with Crippen LogP contribution >= 0.6 is 0 Å². The van der Waals surface area contributed by atoms with Crippen LogP contribution in [0.5, 0.6) is 5.88 Å². The maximum Gasteiger partial charge on any atom is 0.574 e. The van der Waals surface area contributed by atoms with Crippen molar-refractivity contribution in [3.05, 3.63) is 53.5 Å². The first-order chi connectivity index (χ1) is 11.7. The van der Waals surface area contributed by atoms with E-state index in [9.17, 15) is 27.5 Å². The number of carbonyl (C=O) groups is 1. The highest BCUT2D eigenvalue weighted by Gasteiger charge is 2.33. The van der Waals surface area contributed by atoms with Gasteiger partial charge in [-0.2, -0.15) is 0 Å². The molecular weight excluding hydrogens is 344 g/mol. The van der Waals surface area contributed by atoms with Gasteiger partial charge in [0, 0.05) is 5.56 Å². The molecule has 0 spiro atoms. The molecule has 0 amide bonds. The fourth-order valence-electron chi connectivity index (χ4n) is 2.47. The van der Waals surface area contributed by atoms with Crippen LogP contribution in [-0.4, -0.2) is 26.8 Å². The lowest BCUT2D eigenvalue weighted by Crippen LogP contribution is -2.19. The number of fused-ring (bicyclic) bond motifs is 1. The SMILES string of the molecule is Cc1cc(-c2c(C(=O)O)nc3cccc(OC(F)(F)F)n23)ccc1F. The van der Waals surface area contributed by atoms with Gasteiger partial charge in [-0.1, -0.05) is 6.07 Å². The molecule has 0 saturated carbocycles. The van der Waals surface area contributed by atoms with Gasteiger partial charge in [0.05, 0.1) is 5.69 Å². The van der Waals surface area contributed by atoms with Crippen LogP contribution in [0, 0.1) is 12.7 Å². The predicted molar refractivity (Wildman–Crippen MR) is 79.0 cm³/mol. The smallest absolute Gasteiger partial charge is 0.476 e. The molecule has 2 heterocycles. The summed E-state index contributed by atoms with van der Waals surface area (Å²) in [5.74, 6) is -2.61. The van der Waals surface area contributed by atoms with Crippen molar-refractivity contribution in [3.63, 3.8) is 0 Å². The lowest BCUT2D eigenvalue weighted by molar-refractivity contribution is -0.276. The van der Waals surface area contributed by atoms with Crippen molar-refractivity contribution in [3.8, 4) is 17.1 Å². The predicted octanol–water partition coefficient (Wildman–Crippen LogP) is 4.05. The van der Waals surface area contributed by atoms with Gasteiger partial charge in [0.15, 0.2) is 5.69 Å². The topological polar surface area (TPSA) is 63.8 Å². The van der Waals surface area contributed by atoms with Crippen LogP contribution in [-0.2, 0) is 0 Å². The number of aromatic carboxylic acids is 1. The molecule has 1 aromatic carbocycles. The molecule has 0 aliphatic heterocycles. The van der Waals surface area contributed by atoms with Crippen molar-refractivity contribution in [1.82, 2.24) is 9.38 Å². The Labute approximate surface area is 138 Å². The molecule has 0 aliphatic carbocycles. The Morgan fingerprint density at radius 1 is 1.24 bits per heavy atom. The molecule has 0 bridgehead atoms. The molecule has 130 valence electrons. The molecule has 0 fully saturated rings. The number of nitrogens with zero attached hydrogens (tertiary/aromatic N) is 2. The van der Waals surface area contributed by atoms with E-state index >= 15 is 0 Å². The van der Waals surface area contributed by atoms with Crippen molar-refractivity contribution in [2.24, 2.45) is 0 Å². The van der Waals surface area contributed by atoms with Gasteiger partial charge in [-0.3, -0.25) is 4.40 Å². The van der Waals surface area contributed by atoms with Gasteiger partial charge in [0.25, 0.3) is 0 Å². The van der Waals surface area contributed by atoms with Crippen LogP contribution in [0.1, 0.15) is 16.1 Å². The van der Waals surface area contributed by atoms with Crippen LogP contribution in [0.2, 0.25) is 0 Å². The molecule has 3 rings (SSSR count). The zero-order valence-electron chi connectivity index (χ0n) is 12.6. The molecule has 2 aromatic heterocycles. The number of aryl methyl sites for hydroxylation is 1. The second-order valence-electron chi connectivity index (χ2n) is 5.18. The molecule has 3 aromatic rings. The molecule has 0 saturated heterocycles. The average molecular weight is 354 g/mol. The van der Waals surface area contributed by atoms with Crippen molar-refractivity contribution in [1.29, 1.82) is 0 Å². The number of halogens is 4. The van der Waals surface area contributed by atoms with Gasteiger partial charge in [0.2, 0.25) is 5.88 Å². The number of benzene rings is 1. The molecule has 9 heteroatoms. The van der Waals surface area contributed by atoms with Crippen LogP contribution in [0.15, 0.2) is 36.4 Å². The monoisotopic (exact) mass is 354 g/mol. The quantitative estimate of drug-likeness (QED) is 0.721. The molecule has 0 aliphatic rings. The Morgan fingerprint density at radius 2 is 1.96 bits per heavy atom. The number of pyridine rings is 1. The van der Waals surface area contributed by atoms with Gasteiger partial charge >= 0.3 is 12.3 Å². The second-order valence-corrected chi connectivity index (χ2v) is 5.18. The highest BCUT2D eigenvalue weighted by molar-refractivity contribution is 5.94. The average Bonchev–Trinajstić information content (AvgIpc) is 2.89. The summed E-state index contributed by atoms with van der Waals surface area (Å²) in [6.07, 6.45) is -4.97. The summed E-state index contributed by atoms with van der Waals surface area (Å²) in [6.45, 7) is 1.45. The number of ether oxygens (including phenoxy) is 1. The van der Waals surface area contributed by atoms with E-state index in [0.29, 0.717) is 0 Å². The van der Waals surface area contributed by atoms with E-state index in [1.807, 2.05) is 0 Å². The standard InChI is InChI=1S/C16H10F4N2O3/c1-8-7-9(5-6-10(8)17)14-13(15(23)24)21-11-3-2-4-12(22(11)14)25-16(18,19)20/h2-7H,1H3,(H,23,24). The minimum absolute atomic E-state index is 0.0453. The number of carboxylic acid groups (broad SMARTS) is 1. The van der Waals surface area contributed by atoms with Crippen LogP contribution in [0.4, 0.5) is 17.6 Å². The van der Waals surface area contributed by atoms with Crippen LogP contribution in [0.25, 0.3) is 16.9 Å². The number of carboxylic acids is 1. The molecule has 1 N–H and O–H groups in total. The normalized spacial score (nSPS) is 11.7. The van der Waals surface area contributed by atoms with E-state index in [1.54, 1.807) is 0 Å². The maximum atomic E-state index is 13.5. The number of hydrogen-bond donors (Lipinski definition) is 1. The fourth-order valence-corrected chi connectivity index (χ4v) is 2.47. The first-order valence-electron chi connectivity index (χ1n) is 6.94. The molecule has 5 nitrogen and oxygen atoms in total. The van der Waals surface area contributed by atoms with Crippen molar-refractivity contribution in [2.45, 2.75) is 13.3 Å². The van der Waals surface area contributed by atoms with Gasteiger partial charge in [0.1, 0.15) is 11.5 Å². The number of alkyl halides is 3. The third-order valence-electron chi connectivity index (χ3n) is 3.46. The number of rotatable bonds is 3. The summed E-state index contributed by atoms with van der Waals surface area (Å²) in [5, 5.41) is 9.36. The van der Waals surface area contributed by atoms with Gasteiger partial charge in [-0.25, -0.2) is 14.2 Å². The van der Waals surface area contributed by atoms with E-state index in [4.69, 9.17) is 0 Å². The molecule has 0 atom stereocenters. The summed E-state index contributed by atoms with van der Waals surface area (Å²) >= 11 is 0. The van der Waals surface area contributed by atoms with E-state index in [0.717, 1.165) is 16.5 Å². The summed E-state index contributed by atoms with van der Waals surface area (Å²) in [4.78, 5) is 15.4. The van der Waals surface area contributed by atoms with Crippen molar-refractivity contribution in [2.75, 3.05) is 0 Å². The minimum atomic E-state index is -4.97. The molecule has 0 radical (unpaired) electrons. The van der Waals surface area contributed by atoms with E-state index in [-0.39, 0.29) is 22.5 Å². The molecule has 0 unspecified atom stereocenters. The Balaban J connectivity index is 2.36. The van der Waals surface area contributed by atoms with E-state index < -0.39 is 29.7 Å². The maximum absolute atomic E-state index is 13.5. The first-order valence-corrected chi connectivity index (χ1v) is 6.94. The van der Waals surface area contributed by atoms with E-state index in [1.165, 1.54) is 31.2 Å². The van der Waals surface area contributed by atoms with Crippen molar-refractivity contribution >= 4 is 11.6 Å². The molecular formula is C16H10F4N2O3. The fraction of sp³-hybridized carbons (Fsp3) is 0.125. The third kappa shape index (κ3) is 3.12. The van der Waals surface area contributed by atoms with E-state index in [2.05, 4.69) is 9.72 Å². The summed E-state index contributed by atoms with van der Waals surface area (Å²) < 4.78 is 56.4. The zero-order valence-corrected chi connectivity index (χ0v) is 12.6. The van der Waals surface area contributed by atoms with Crippen LogP contribution < -0.4 is 4.74 Å². The lowest BCUT2D eigenvalue weighted by Gasteiger charge is -2.13. The Kier molecular flexibility index (Phi) is 3.86. The highest BCUT2D eigenvalue weighted by atomic mass is 19.4. The van der Waals surface area contributed by atoms with Gasteiger partial charge in [-0.05, 0) is 42.8 Å². The number of aromatic nitrogens is 2. The highest BCUT2D eigenvalue weighted by Crippen LogP contribution is 2.32. The van der Waals surface area contributed by atoms with Crippen LogP contribution in [0.3, 0.4) is 0 Å². The lowest BCUT2D eigenvalue weighted by atomic mass is 10.1. The Bertz CT molecular complexity index is 979. The first kappa shape index (κ1) is 16.7. The Hall–Kier alpha value is -3.10. The largest absolute Gasteiger partial charge is 0.574 e. The zero-order chi connectivity index (χ0) is 18.4.